The Labute approximate surface area is 113 Å². The van der Waals surface area contributed by atoms with Gasteiger partial charge in [0.05, 0.1) is 18.1 Å². The minimum Gasteiger partial charge on any atom is -0.338 e. The zero-order valence-electron chi connectivity index (χ0n) is 12.1. The molecule has 1 atom stereocenters. The number of aryl methyl sites for hydroxylation is 1. The highest BCUT2D eigenvalue weighted by molar-refractivity contribution is 5.02. The Kier molecular flexibility index (Phi) is 3.71. The highest BCUT2D eigenvalue weighted by atomic mass is 16.5. The number of nitrogens with one attached hydrogen (secondary N) is 1. The van der Waals surface area contributed by atoms with Gasteiger partial charge in [-0.15, -0.1) is 0 Å². The van der Waals surface area contributed by atoms with E-state index in [9.17, 15) is 0 Å². The van der Waals surface area contributed by atoms with Gasteiger partial charge >= 0.3 is 0 Å². The molecular formula is C13H21N5O. The van der Waals surface area contributed by atoms with Crippen LogP contribution in [0.25, 0.3) is 0 Å². The molecule has 0 aliphatic heterocycles. The van der Waals surface area contributed by atoms with E-state index >= 15 is 0 Å². The molecule has 1 N–H and O–H groups in total. The highest BCUT2D eigenvalue weighted by Gasteiger charge is 2.22. The first-order valence-corrected chi connectivity index (χ1v) is 6.40. The van der Waals surface area contributed by atoms with E-state index in [1.807, 2.05) is 24.7 Å². The van der Waals surface area contributed by atoms with Crippen molar-refractivity contribution in [1.29, 1.82) is 0 Å². The SMILES string of the molecule is CC(NCc1cncn1C)c1nc(C(C)(C)C)no1. The van der Waals surface area contributed by atoms with Gasteiger partial charge < -0.3 is 14.4 Å². The summed E-state index contributed by atoms with van der Waals surface area (Å²) in [5.41, 5.74) is 1.02. The van der Waals surface area contributed by atoms with Crippen molar-refractivity contribution < 1.29 is 4.52 Å². The fourth-order valence-electron chi connectivity index (χ4n) is 1.62. The van der Waals surface area contributed by atoms with E-state index in [-0.39, 0.29) is 11.5 Å². The van der Waals surface area contributed by atoms with Crippen LogP contribution in [0.15, 0.2) is 17.0 Å². The molecular weight excluding hydrogens is 242 g/mol. The van der Waals surface area contributed by atoms with Crippen molar-refractivity contribution in [2.75, 3.05) is 0 Å². The summed E-state index contributed by atoms with van der Waals surface area (Å²) in [6.07, 6.45) is 3.63. The summed E-state index contributed by atoms with van der Waals surface area (Å²) in [6.45, 7) is 8.92. The van der Waals surface area contributed by atoms with E-state index in [0.29, 0.717) is 12.4 Å². The molecule has 104 valence electrons. The van der Waals surface area contributed by atoms with Crippen LogP contribution in [0, 0.1) is 0 Å². The fourth-order valence-corrected chi connectivity index (χ4v) is 1.62. The van der Waals surface area contributed by atoms with Crippen LogP contribution < -0.4 is 5.32 Å². The Balaban J connectivity index is 1.98. The molecule has 0 aliphatic rings. The zero-order chi connectivity index (χ0) is 14.0. The first-order valence-electron chi connectivity index (χ1n) is 6.40. The molecule has 0 spiro atoms. The summed E-state index contributed by atoms with van der Waals surface area (Å²) in [7, 11) is 1.97. The van der Waals surface area contributed by atoms with Gasteiger partial charge in [-0.1, -0.05) is 25.9 Å². The minimum absolute atomic E-state index is 0.0125. The molecule has 0 aliphatic carbocycles. The van der Waals surface area contributed by atoms with Gasteiger partial charge in [0, 0.05) is 25.2 Å². The molecule has 2 aromatic rings. The van der Waals surface area contributed by atoms with Gasteiger partial charge in [-0.2, -0.15) is 4.98 Å². The molecule has 0 amide bonds. The number of nitrogens with zero attached hydrogens (tertiary/aromatic N) is 4. The van der Waals surface area contributed by atoms with E-state index < -0.39 is 0 Å². The molecule has 6 nitrogen and oxygen atoms in total. The molecule has 2 aromatic heterocycles. The van der Waals surface area contributed by atoms with E-state index in [0.717, 1.165) is 11.5 Å². The molecule has 0 radical (unpaired) electrons. The maximum Gasteiger partial charge on any atom is 0.243 e. The van der Waals surface area contributed by atoms with E-state index in [1.54, 1.807) is 6.33 Å². The van der Waals surface area contributed by atoms with Gasteiger partial charge in [-0.25, -0.2) is 4.98 Å². The van der Waals surface area contributed by atoms with Gasteiger partial charge in [-0.05, 0) is 6.92 Å². The molecule has 0 saturated carbocycles. The lowest BCUT2D eigenvalue weighted by molar-refractivity contribution is 0.329. The largest absolute Gasteiger partial charge is 0.338 e. The predicted octanol–water partition coefficient (Wildman–Crippen LogP) is 1.95. The molecule has 0 saturated heterocycles. The van der Waals surface area contributed by atoms with Gasteiger partial charge in [0.15, 0.2) is 5.82 Å². The fraction of sp³-hybridized carbons (Fsp3) is 0.615. The number of rotatable bonds is 4. The lowest BCUT2D eigenvalue weighted by Crippen LogP contribution is -2.20. The smallest absolute Gasteiger partial charge is 0.243 e. The average Bonchev–Trinajstić information content (AvgIpc) is 2.93. The van der Waals surface area contributed by atoms with Crippen LogP contribution in [0.4, 0.5) is 0 Å². The summed E-state index contributed by atoms with van der Waals surface area (Å²) in [4.78, 5) is 8.52. The standard InChI is InChI=1S/C13H21N5O/c1-9(15-7-10-6-14-8-18(10)5)11-16-12(17-19-11)13(2,3)4/h6,8-9,15H,7H2,1-5H3. The lowest BCUT2D eigenvalue weighted by Gasteiger charge is -2.12. The highest BCUT2D eigenvalue weighted by Crippen LogP contribution is 2.20. The first kappa shape index (κ1) is 13.7. The van der Waals surface area contributed by atoms with Gasteiger partial charge in [0.25, 0.3) is 0 Å². The van der Waals surface area contributed by atoms with E-state index in [2.05, 4.69) is 41.2 Å². The quantitative estimate of drug-likeness (QED) is 0.913. The molecule has 2 rings (SSSR count). The predicted molar refractivity (Wildman–Crippen MR) is 71.5 cm³/mol. The second kappa shape index (κ2) is 5.13. The monoisotopic (exact) mass is 263 g/mol. The van der Waals surface area contributed by atoms with E-state index in [4.69, 9.17) is 4.52 Å². The Morgan fingerprint density at radius 2 is 2.16 bits per heavy atom. The van der Waals surface area contributed by atoms with Crippen molar-refractivity contribution in [2.24, 2.45) is 7.05 Å². The summed E-state index contributed by atoms with van der Waals surface area (Å²) in [6, 6.07) is 0.0125. The molecule has 0 bridgehead atoms. The summed E-state index contributed by atoms with van der Waals surface area (Å²) in [5.74, 6) is 1.35. The summed E-state index contributed by atoms with van der Waals surface area (Å²) < 4.78 is 7.29. The van der Waals surface area contributed by atoms with Crippen LogP contribution in [-0.4, -0.2) is 19.7 Å². The second-order valence-corrected chi connectivity index (χ2v) is 5.80. The zero-order valence-corrected chi connectivity index (χ0v) is 12.1. The molecule has 19 heavy (non-hydrogen) atoms. The van der Waals surface area contributed by atoms with Crippen molar-refractivity contribution in [3.63, 3.8) is 0 Å². The first-order chi connectivity index (χ1) is 8.88. The van der Waals surface area contributed by atoms with Gasteiger partial charge in [-0.3, -0.25) is 0 Å². The minimum atomic E-state index is -0.0937. The average molecular weight is 263 g/mol. The van der Waals surface area contributed by atoms with E-state index in [1.165, 1.54) is 0 Å². The molecule has 0 fully saturated rings. The van der Waals surface area contributed by atoms with Gasteiger partial charge in [0.2, 0.25) is 5.89 Å². The second-order valence-electron chi connectivity index (χ2n) is 5.80. The van der Waals surface area contributed by atoms with Crippen LogP contribution in [0.1, 0.15) is 51.1 Å². The molecule has 0 aromatic carbocycles. The normalized spacial score (nSPS) is 13.7. The molecule has 2 heterocycles. The Bertz CT molecular complexity index is 537. The third kappa shape index (κ3) is 3.20. The number of hydrogen-bond acceptors (Lipinski definition) is 5. The van der Waals surface area contributed by atoms with Crippen molar-refractivity contribution in [2.45, 2.75) is 45.7 Å². The van der Waals surface area contributed by atoms with Crippen LogP contribution in [0.2, 0.25) is 0 Å². The number of aromatic nitrogens is 4. The maximum atomic E-state index is 5.31. The van der Waals surface area contributed by atoms with Crippen LogP contribution in [-0.2, 0) is 19.0 Å². The third-order valence-corrected chi connectivity index (χ3v) is 2.99. The Morgan fingerprint density at radius 3 is 2.68 bits per heavy atom. The van der Waals surface area contributed by atoms with Crippen molar-refractivity contribution in [1.82, 2.24) is 25.0 Å². The molecule has 6 heteroatoms. The topological polar surface area (TPSA) is 68.8 Å². The van der Waals surface area contributed by atoms with Crippen LogP contribution >= 0.6 is 0 Å². The van der Waals surface area contributed by atoms with Crippen molar-refractivity contribution in [3.05, 3.63) is 29.9 Å². The Morgan fingerprint density at radius 1 is 1.42 bits per heavy atom. The molecule has 1 unspecified atom stereocenters. The summed E-state index contributed by atoms with van der Waals surface area (Å²) >= 11 is 0. The summed E-state index contributed by atoms with van der Waals surface area (Å²) in [5, 5.41) is 7.38. The van der Waals surface area contributed by atoms with Crippen LogP contribution in [0.5, 0.6) is 0 Å². The third-order valence-electron chi connectivity index (χ3n) is 2.99. The van der Waals surface area contributed by atoms with Crippen molar-refractivity contribution in [3.8, 4) is 0 Å². The number of hydrogen-bond donors (Lipinski definition) is 1. The lowest BCUT2D eigenvalue weighted by atomic mass is 9.96. The van der Waals surface area contributed by atoms with Gasteiger partial charge in [0.1, 0.15) is 0 Å². The van der Waals surface area contributed by atoms with Crippen molar-refractivity contribution >= 4 is 0 Å². The number of imidazole rings is 1. The Hall–Kier alpha value is -1.69. The van der Waals surface area contributed by atoms with Crippen LogP contribution in [0.3, 0.4) is 0 Å². The maximum absolute atomic E-state index is 5.31.